The molecule has 6 nitrogen and oxygen atoms in total. The molecule has 1 aromatic heterocycles. The summed E-state index contributed by atoms with van der Waals surface area (Å²) in [6.07, 6.45) is 5.60. The topological polar surface area (TPSA) is 67.7 Å². The van der Waals surface area contributed by atoms with Crippen molar-refractivity contribution in [3.63, 3.8) is 0 Å². The maximum Gasteiger partial charge on any atom is 0.0711 e. The lowest BCUT2D eigenvalue weighted by atomic mass is 10.0. The Bertz CT molecular complexity index is 377. The highest BCUT2D eigenvalue weighted by atomic mass is 16.5. The predicted molar refractivity (Wildman–Crippen MR) is 74.4 cm³/mol. The van der Waals surface area contributed by atoms with Gasteiger partial charge in [-0.2, -0.15) is 0 Å². The SMILES string of the molecule is COCCOCCN1C[C@@H](Cc2cnccn2)[C@H](O)C1. The molecule has 0 amide bonds. The van der Waals surface area contributed by atoms with Crippen molar-refractivity contribution in [2.45, 2.75) is 12.5 Å². The molecule has 1 N–H and O–H groups in total. The fourth-order valence-corrected chi connectivity index (χ4v) is 2.47. The van der Waals surface area contributed by atoms with Crippen LogP contribution in [0.4, 0.5) is 0 Å². The van der Waals surface area contributed by atoms with E-state index >= 15 is 0 Å². The maximum atomic E-state index is 10.1. The molecule has 1 aromatic rings. The molecule has 0 saturated carbocycles. The summed E-state index contributed by atoms with van der Waals surface area (Å²) in [5.41, 5.74) is 0.940. The van der Waals surface area contributed by atoms with Crippen molar-refractivity contribution in [1.29, 1.82) is 0 Å². The number of β-amino-alcohol motifs (C(OH)–C–C–N with tert-alkyl or cyclic N) is 1. The molecule has 1 fully saturated rings. The first-order valence-electron chi connectivity index (χ1n) is 7.01. The molecule has 1 aliphatic rings. The van der Waals surface area contributed by atoms with Crippen molar-refractivity contribution in [3.8, 4) is 0 Å². The van der Waals surface area contributed by atoms with Gasteiger partial charge in [-0.1, -0.05) is 0 Å². The number of methoxy groups -OCH3 is 1. The van der Waals surface area contributed by atoms with Gasteiger partial charge in [0.15, 0.2) is 0 Å². The Kier molecular flexibility index (Phi) is 6.32. The van der Waals surface area contributed by atoms with E-state index in [2.05, 4.69) is 14.9 Å². The standard InChI is InChI=1S/C14H23N3O3/c1-19-6-7-20-5-4-17-10-12(14(18)11-17)8-13-9-15-2-3-16-13/h2-3,9,12,14,18H,4-8,10-11H2,1H3/t12-,14-/m1/s1. The van der Waals surface area contributed by atoms with Gasteiger partial charge < -0.3 is 14.6 Å². The summed E-state index contributed by atoms with van der Waals surface area (Å²) in [5, 5.41) is 10.1. The lowest BCUT2D eigenvalue weighted by molar-refractivity contribution is 0.0584. The summed E-state index contributed by atoms with van der Waals surface area (Å²) in [6, 6.07) is 0. The number of aliphatic hydroxyl groups is 1. The molecule has 2 heterocycles. The monoisotopic (exact) mass is 281 g/mol. The quantitative estimate of drug-likeness (QED) is 0.675. The van der Waals surface area contributed by atoms with Gasteiger partial charge in [0.25, 0.3) is 0 Å². The normalized spacial score (nSPS) is 23.3. The predicted octanol–water partition coefficient (Wildman–Crippen LogP) is -0.0252. The molecular weight excluding hydrogens is 258 g/mol. The average Bonchev–Trinajstić information content (AvgIpc) is 2.80. The van der Waals surface area contributed by atoms with Crippen LogP contribution in [0.5, 0.6) is 0 Å². The van der Waals surface area contributed by atoms with Gasteiger partial charge in [-0.3, -0.25) is 14.9 Å². The first-order valence-corrected chi connectivity index (χ1v) is 7.01. The minimum absolute atomic E-state index is 0.227. The van der Waals surface area contributed by atoms with E-state index < -0.39 is 0 Å². The molecule has 0 aliphatic carbocycles. The lowest BCUT2D eigenvalue weighted by Crippen LogP contribution is -2.26. The zero-order valence-corrected chi connectivity index (χ0v) is 11.9. The summed E-state index contributed by atoms with van der Waals surface area (Å²) >= 11 is 0. The van der Waals surface area contributed by atoms with Crippen LogP contribution in [-0.2, 0) is 15.9 Å². The number of hydrogen-bond donors (Lipinski definition) is 1. The number of aromatic nitrogens is 2. The number of likely N-dealkylation sites (tertiary alicyclic amines) is 1. The Morgan fingerprint density at radius 1 is 1.30 bits per heavy atom. The lowest BCUT2D eigenvalue weighted by Gasteiger charge is -2.15. The van der Waals surface area contributed by atoms with Crippen LogP contribution in [0.2, 0.25) is 0 Å². The van der Waals surface area contributed by atoms with Crippen molar-refractivity contribution < 1.29 is 14.6 Å². The molecule has 0 spiro atoms. The highest BCUT2D eigenvalue weighted by molar-refractivity contribution is 4.99. The number of rotatable bonds is 8. The van der Waals surface area contributed by atoms with E-state index in [1.165, 1.54) is 0 Å². The number of aliphatic hydroxyl groups excluding tert-OH is 1. The second kappa shape index (κ2) is 8.26. The summed E-state index contributed by atoms with van der Waals surface area (Å²) in [6.45, 7) is 4.35. The fraction of sp³-hybridized carbons (Fsp3) is 0.714. The Balaban J connectivity index is 1.69. The summed E-state index contributed by atoms with van der Waals surface area (Å²) < 4.78 is 10.4. The Morgan fingerprint density at radius 3 is 2.95 bits per heavy atom. The van der Waals surface area contributed by atoms with Gasteiger partial charge in [0.1, 0.15) is 0 Å². The van der Waals surface area contributed by atoms with Crippen molar-refractivity contribution in [2.75, 3.05) is 46.6 Å². The van der Waals surface area contributed by atoms with Crippen molar-refractivity contribution >= 4 is 0 Å². The van der Waals surface area contributed by atoms with Crippen LogP contribution >= 0.6 is 0 Å². The molecule has 2 atom stereocenters. The van der Waals surface area contributed by atoms with Gasteiger partial charge in [0.2, 0.25) is 0 Å². The summed E-state index contributed by atoms with van der Waals surface area (Å²) in [4.78, 5) is 10.6. The van der Waals surface area contributed by atoms with Gasteiger partial charge in [-0.25, -0.2) is 0 Å². The van der Waals surface area contributed by atoms with Gasteiger partial charge in [-0.15, -0.1) is 0 Å². The molecule has 6 heteroatoms. The second-order valence-electron chi connectivity index (χ2n) is 5.09. The van der Waals surface area contributed by atoms with Crippen LogP contribution in [0.3, 0.4) is 0 Å². The van der Waals surface area contributed by atoms with E-state index in [1.54, 1.807) is 25.7 Å². The molecule has 2 rings (SSSR count). The number of hydrogen-bond acceptors (Lipinski definition) is 6. The third kappa shape index (κ3) is 4.79. The third-order valence-corrected chi connectivity index (χ3v) is 3.55. The minimum Gasteiger partial charge on any atom is -0.391 e. The zero-order chi connectivity index (χ0) is 14.2. The molecule has 0 aromatic carbocycles. The third-order valence-electron chi connectivity index (χ3n) is 3.55. The van der Waals surface area contributed by atoms with Gasteiger partial charge >= 0.3 is 0 Å². The van der Waals surface area contributed by atoms with Crippen LogP contribution in [0.1, 0.15) is 5.69 Å². The molecule has 0 radical (unpaired) electrons. The van der Waals surface area contributed by atoms with Crippen molar-refractivity contribution in [2.24, 2.45) is 5.92 Å². The zero-order valence-electron chi connectivity index (χ0n) is 11.9. The Morgan fingerprint density at radius 2 is 2.20 bits per heavy atom. The van der Waals surface area contributed by atoms with Crippen molar-refractivity contribution in [1.82, 2.24) is 14.9 Å². The largest absolute Gasteiger partial charge is 0.391 e. The van der Waals surface area contributed by atoms with Crippen LogP contribution in [0.15, 0.2) is 18.6 Å². The molecule has 0 unspecified atom stereocenters. The summed E-state index contributed by atoms with van der Waals surface area (Å²) in [7, 11) is 1.66. The Hall–Kier alpha value is -1.08. The van der Waals surface area contributed by atoms with Gasteiger partial charge in [0, 0.05) is 51.3 Å². The second-order valence-corrected chi connectivity index (χ2v) is 5.09. The maximum absolute atomic E-state index is 10.1. The first-order chi connectivity index (χ1) is 9.79. The van der Waals surface area contributed by atoms with E-state index in [9.17, 15) is 5.11 Å². The average molecular weight is 281 g/mol. The van der Waals surface area contributed by atoms with E-state index in [4.69, 9.17) is 9.47 Å². The molecule has 1 aliphatic heterocycles. The highest BCUT2D eigenvalue weighted by Crippen LogP contribution is 2.20. The van der Waals surface area contributed by atoms with E-state index in [0.29, 0.717) is 26.4 Å². The van der Waals surface area contributed by atoms with Crippen molar-refractivity contribution in [3.05, 3.63) is 24.3 Å². The van der Waals surface area contributed by atoms with E-state index in [1.807, 2.05) is 0 Å². The van der Waals surface area contributed by atoms with Crippen LogP contribution in [0, 0.1) is 5.92 Å². The van der Waals surface area contributed by atoms with Crippen LogP contribution < -0.4 is 0 Å². The van der Waals surface area contributed by atoms with E-state index in [-0.39, 0.29) is 12.0 Å². The first kappa shape index (κ1) is 15.3. The fourth-order valence-electron chi connectivity index (χ4n) is 2.47. The molecular formula is C14H23N3O3. The molecule has 0 bridgehead atoms. The highest BCUT2D eigenvalue weighted by Gasteiger charge is 2.31. The van der Waals surface area contributed by atoms with Crippen LogP contribution in [-0.4, -0.2) is 72.6 Å². The molecule has 112 valence electrons. The summed E-state index contributed by atoms with van der Waals surface area (Å²) in [5.74, 6) is 0.227. The molecule has 1 saturated heterocycles. The Labute approximate surface area is 119 Å². The molecule has 20 heavy (non-hydrogen) atoms. The minimum atomic E-state index is -0.295. The van der Waals surface area contributed by atoms with Gasteiger partial charge in [0.05, 0.1) is 31.6 Å². The van der Waals surface area contributed by atoms with Crippen LogP contribution in [0.25, 0.3) is 0 Å². The van der Waals surface area contributed by atoms with E-state index in [0.717, 1.165) is 25.2 Å². The van der Waals surface area contributed by atoms with Gasteiger partial charge in [-0.05, 0) is 6.42 Å². The number of ether oxygens (including phenoxy) is 2. The number of nitrogens with zero attached hydrogens (tertiary/aromatic N) is 3. The smallest absolute Gasteiger partial charge is 0.0711 e.